The Kier molecular flexibility index (Phi) is 3.90. The van der Waals surface area contributed by atoms with Crippen LogP contribution in [-0.2, 0) is 16.1 Å². The van der Waals surface area contributed by atoms with E-state index < -0.39 is 5.97 Å². The van der Waals surface area contributed by atoms with Gasteiger partial charge in [0.1, 0.15) is 17.1 Å². The first kappa shape index (κ1) is 13.9. The van der Waals surface area contributed by atoms with E-state index in [-0.39, 0.29) is 0 Å². The number of oxime groups is 1. The molecular formula is C14H13N5O3. The number of aryl methyl sites for hydroxylation is 1. The minimum Gasteiger partial charge on any atom is -0.318 e. The van der Waals surface area contributed by atoms with E-state index in [2.05, 4.69) is 26.0 Å². The smallest absolute Gasteiger partial charge is 0.318 e. The molecule has 0 atom stereocenters. The Balaban J connectivity index is 1.92. The number of anilines is 1. The van der Waals surface area contributed by atoms with Crippen molar-refractivity contribution >= 4 is 23.1 Å². The number of hydrogen-bond donors (Lipinski definition) is 1. The molecule has 0 radical (unpaired) electrons. The SMILES string of the molecule is CC(=O)ON=C1CCc2nonc2C1=NNc1ccccc1. The van der Waals surface area contributed by atoms with Crippen molar-refractivity contribution < 1.29 is 14.3 Å². The van der Waals surface area contributed by atoms with Crippen molar-refractivity contribution in [1.82, 2.24) is 10.3 Å². The molecule has 0 unspecified atom stereocenters. The molecular weight excluding hydrogens is 286 g/mol. The average molecular weight is 299 g/mol. The van der Waals surface area contributed by atoms with E-state index in [4.69, 9.17) is 9.47 Å². The average Bonchev–Trinajstić information content (AvgIpc) is 3.00. The van der Waals surface area contributed by atoms with Gasteiger partial charge in [0.05, 0.1) is 5.69 Å². The van der Waals surface area contributed by atoms with Crippen LogP contribution in [0.25, 0.3) is 0 Å². The summed E-state index contributed by atoms with van der Waals surface area (Å²) in [6.07, 6.45) is 1.13. The van der Waals surface area contributed by atoms with Crippen LogP contribution in [0.4, 0.5) is 5.69 Å². The molecule has 8 nitrogen and oxygen atoms in total. The molecule has 22 heavy (non-hydrogen) atoms. The summed E-state index contributed by atoms with van der Waals surface area (Å²) in [5.41, 5.74) is 5.90. The third kappa shape index (κ3) is 3.00. The van der Waals surface area contributed by atoms with Gasteiger partial charge in [-0.2, -0.15) is 5.10 Å². The van der Waals surface area contributed by atoms with Crippen LogP contribution >= 0.6 is 0 Å². The zero-order chi connectivity index (χ0) is 15.4. The number of carbonyl (C=O) groups is 1. The number of nitrogens with one attached hydrogen (secondary N) is 1. The summed E-state index contributed by atoms with van der Waals surface area (Å²) < 4.78 is 4.75. The minimum absolute atomic E-state index is 0.451. The van der Waals surface area contributed by atoms with E-state index in [1.807, 2.05) is 30.3 Å². The lowest BCUT2D eigenvalue weighted by Gasteiger charge is -2.12. The van der Waals surface area contributed by atoms with E-state index in [9.17, 15) is 4.79 Å². The predicted octanol–water partition coefficient (Wildman–Crippen LogP) is 1.75. The fraction of sp³-hybridized carbons (Fsp3) is 0.214. The lowest BCUT2D eigenvalue weighted by Crippen LogP contribution is -2.25. The van der Waals surface area contributed by atoms with Gasteiger partial charge < -0.3 is 4.84 Å². The molecule has 0 saturated carbocycles. The summed E-state index contributed by atoms with van der Waals surface area (Å²) in [4.78, 5) is 15.7. The third-order valence-electron chi connectivity index (χ3n) is 3.01. The number of aromatic nitrogens is 2. The molecule has 1 aliphatic rings. The predicted molar refractivity (Wildman–Crippen MR) is 78.4 cm³/mol. The molecule has 0 aliphatic heterocycles. The number of fused-ring (bicyclic) bond motifs is 1. The van der Waals surface area contributed by atoms with Gasteiger partial charge >= 0.3 is 5.97 Å². The Labute approximate surface area is 125 Å². The van der Waals surface area contributed by atoms with Gasteiger partial charge in [-0.25, -0.2) is 9.42 Å². The Hall–Kier alpha value is -3.03. The highest BCUT2D eigenvalue weighted by molar-refractivity contribution is 6.48. The first-order valence-electron chi connectivity index (χ1n) is 6.69. The quantitative estimate of drug-likeness (QED) is 0.684. The molecule has 2 aromatic rings. The van der Waals surface area contributed by atoms with Crippen molar-refractivity contribution in [1.29, 1.82) is 0 Å². The molecule has 3 rings (SSSR count). The lowest BCUT2D eigenvalue weighted by molar-refractivity contribution is -0.140. The molecule has 0 bridgehead atoms. The Morgan fingerprint density at radius 3 is 2.86 bits per heavy atom. The van der Waals surface area contributed by atoms with Crippen LogP contribution < -0.4 is 5.43 Å². The van der Waals surface area contributed by atoms with Crippen LogP contribution in [0.15, 0.2) is 45.2 Å². The zero-order valence-corrected chi connectivity index (χ0v) is 11.8. The second kappa shape index (κ2) is 6.17. The van der Waals surface area contributed by atoms with Crippen LogP contribution in [-0.4, -0.2) is 27.7 Å². The van der Waals surface area contributed by atoms with Gasteiger partial charge in [-0.1, -0.05) is 28.5 Å². The topological polar surface area (TPSA) is 102 Å². The van der Waals surface area contributed by atoms with Gasteiger partial charge in [0.25, 0.3) is 0 Å². The lowest BCUT2D eigenvalue weighted by atomic mass is 9.97. The molecule has 112 valence electrons. The molecule has 1 heterocycles. The number of para-hydroxylation sites is 1. The number of hydrogen-bond acceptors (Lipinski definition) is 8. The molecule has 0 saturated heterocycles. The maximum absolute atomic E-state index is 10.9. The second-order valence-electron chi connectivity index (χ2n) is 4.62. The van der Waals surface area contributed by atoms with Crippen LogP contribution in [0, 0.1) is 0 Å². The zero-order valence-electron chi connectivity index (χ0n) is 11.8. The molecule has 1 aromatic heterocycles. The van der Waals surface area contributed by atoms with Crippen molar-refractivity contribution in [2.45, 2.75) is 19.8 Å². The monoisotopic (exact) mass is 299 g/mol. The maximum atomic E-state index is 10.9. The van der Waals surface area contributed by atoms with Crippen molar-refractivity contribution in [2.24, 2.45) is 10.3 Å². The molecule has 1 aliphatic carbocycles. The van der Waals surface area contributed by atoms with Crippen molar-refractivity contribution in [3.8, 4) is 0 Å². The molecule has 0 spiro atoms. The van der Waals surface area contributed by atoms with Gasteiger partial charge in [0.15, 0.2) is 5.69 Å². The third-order valence-corrected chi connectivity index (χ3v) is 3.01. The largest absolute Gasteiger partial charge is 0.331 e. The Bertz CT molecular complexity index is 736. The van der Waals surface area contributed by atoms with Crippen LogP contribution in [0.2, 0.25) is 0 Å². The fourth-order valence-corrected chi connectivity index (χ4v) is 2.00. The van der Waals surface area contributed by atoms with Gasteiger partial charge in [0, 0.05) is 19.8 Å². The first-order valence-corrected chi connectivity index (χ1v) is 6.69. The van der Waals surface area contributed by atoms with E-state index in [1.165, 1.54) is 6.92 Å². The van der Waals surface area contributed by atoms with Crippen molar-refractivity contribution in [2.75, 3.05) is 5.43 Å². The number of carbonyl (C=O) groups excluding carboxylic acids is 1. The highest BCUT2D eigenvalue weighted by atomic mass is 16.7. The number of nitrogens with zero attached hydrogens (tertiary/aromatic N) is 4. The minimum atomic E-state index is -0.494. The highest BCUT2D eigenvalue weighted by Crippen LogP contribution is 2.18. The molecule has 8 heteroatoms. The molecule has 0 amide bonds. The summed E-state index contributed by atoms with van der Waals surface area (Å²) in [6.45, 7) is 1.29. The summed E-state index contributed by atoms with van der Waals surface area (Å²) in [6, 6.07) is 9.43. The van der Waals surface area contributed by atoms with Gasteiger partial charge in [-0.15, -0.1) is 0 Å². The molecule has 1 N–H and O–H groups in total. The van der Waals surface area contributed by atoms with Crippen LogP contribution in [0.5, 0.6) is 0 Å². The second-order valence-corrected chi connectivity index (χ2v) is 4.62. The van der Waals surface area contributed by atoms with Crippen LogP contribution in [0.1, 0.15) is 24.7 Å². The van der Waals surface area contributed by atoms with Crippen molar-refractivity contribution in [3.05, 3.63) is 41.7 Å². The summed E-state index contributed by atoms with van der Waals surface area (Å²) in [7, 11) is 0. The number of hydrazone groups is 1. The van der Waals surface area contributed by atoms with E-state index >= 15 is 0 Å². The summed E-state index contributed by atoms with van der Waals surface area (Å²) in [5, 5.41) is 15.8. The molecule has 1 aromatic carbocycles. The summed E-state index contributed by atoms with van der Waals surface area (Å²) in [5.74, 6) is -0.494. The van der Waals surface area contributed by atoms with Crippen molar-refractivity contribution in [3.63, 3.8) is 0 Å². The van der Waals surface area contributed by atoms with Gasteiger partial charge in [0.2, 0.25) is 0 Å². The van der Waals surface area contributed by atoms with Crippen LogP contribution in [0.3, 0.4) is 0 Å². The Morgan fingerprint density at radius 1 is 1.27 bits per heavy atom. The van der Waals surface area contributed by atoms with E-state index in [1.54, 1.807) is 0 Å². The number of benzene rings is 1. The molecule has 0 fully saturated rings. The number of rotatable bonds is 3. The first-order chi connectivity index (χ1) is 10.7. The fourth-order valence-electron chi connectivity index (χ4n) is 2.00. The van der Waals surface area contributed by atoms with E-state index in [0.717, 1.165) is 5.69 Å². The van der Waals surface area contributed by atoms with E-state index in [0.29, 0.717) is 35.7 Å². The highest BCUT2D eigenvalue weighted by Gasteiger charge is 2.27. The van der Waals surface area contributed by atoms with Gasteiger partial charge in [-0.05, 0) is 17.3 Å². The maximum Gasteiger partial charge on any atom is 0.331 e. The normalized spacial score (nSPS) is 17.3. The summed E-state index contributed by atoms with van der Waals surface area (Å²) >= 11 is 0. The Morgan fingerprint density at radius 2 is 2.09 bits per heavy atom. The van der Waals surface area contributed by atoms with Gasteiger partial charge in [-0.3, -0.25) is 5.43 Å². The standard InChI is InChI=1S/C14H13N5O3/c1-9(20)21-17-11-7-8-12-14(19-22-18-12)13(11)16-15-10-5-3-2-4-6-10/h2-6,15H,7-8H2,1H3.